The van der Waals surface area contributed by atoms with Crippen LogP contribution >= 0.6 is 0 Å². The van der Waals surface area contributed by atoms with E-state index in [9.17, 15) is 4.79 Å². The molecule has 0 aliphatic heterocycles. The number of aromatic nitrogens is 2. The fraction of sp³-hybridized carbons (Fsp3) is 0.105. The zero-order valence-electron chi connectivity index (χ0n) is 13.8. The zero-order chi connectivity index (χ0) is 17.5. The predicted octanol–water partition coefficient (Wildman–Crippen LogP) is 2.70. The van der Waals surface area contributed by atoms with Crippen LogP contribution in [0.4, 0.5) is 0 Å². The largest absolute Gasteiger partial charge is 0.497 e. The Labute approximate surface area is 145 Å². The molecule has 0 atom stereocenters. The van der Waals surface area contributed by atoms with E-state index in [2.05, 4.69) is 15.6 Å². The van der Waals surface area contributed by atoms with Crippen molar-refractivity contribution in [3.63, 3.8) is 0 Å². The Hall–Kier alpha value is -3.41. The number of benzene rings is 2. The highest BCUT2D eigenvalue weighted by atomic mass is 16.5. The number of hydrogen-bond donors (Lipinski definition) is 1. The van der Waals surface area contributed by atoms with Crippen molar-refractivity contribution in [3.8, 4) is 5.75 Å². The van der Waals surface area contributed by atoms with Crippen molar-refractivity contribution in [1.82, 2.24) is 15.2 Å². The summed E-state index contributed by atoms with van der Waals surface area (Å²) in [6.07, 6.45) is 5.14. The van der Waals surface area contributed by atoms with Crippen LogP contribution in [0.5, 0.6) is 5.75 Å². The van der Waals surface area contributed by atoms with Crippen LogP contribution in [0.15, 0.2) is 72.1 Å². The molecule has 0 aliphatic rings. The molecule has 3 aromatic rings. The average Bonchev–Trinajstić information content (AvgIpc) is 3.10. The SMILES string of the molecule is COc1ccc(C(=O)N/N=C\c2cnn(Cc3ccccc3)c2)cc1. The highest BCUT2D eigenvalue weighted by molar-refractivity contribution is 5.94. The molecule has 0 unspecified atom stereocenters. The highest BCUT2D eigenvalue weighted by Gasteiger charge is 2.04. The van der Waals surface area contributed by atoms with Crippen molar-refractivity contribution in [3.05, 3.63) is 83.7 Å². The van der Waals surface area contributed by atoms with Crippen molar-refractivity contribution < 1.29 is 9.53 Å². The topological polar surface area (TPSA) is 68.5 Å². The summed E-state index contributed by atoms with van der Waals surface area (Å²) < 4.78 is 6.88. The van der Waals surface area contributed by atoms with E-state index in [1.54, 1.807) is 43.8 Å². The van der Waals surface area contributed by atoms with Gasteiger partial charge in [-0.2, -0.15) is 10.2 Å². The first kappa shape index (κ1) is 16.4. The van der Waals surface area contributed by atoms with Crippen molar-refractivity contribution in [2.45, 2.75) is 6.54 Å². The second-order valence-corrected chi connectivity index (χ2v) is 5.38. The zero-order valence-corrected chi connectivity index (χ0v) is 13.8. The number of nitrogens with zero attached hydrogens (tertiary/aromatic N) is 3. The molecule has 2 aromatic carbocycles. The number of hydrogen-bond acceptors (Lipinski definition) is 4. The third kappa shape index (κ3) is 4.54. The maximum Gasteiger partial charge on any atom is 0.271 e. The van der Waals surface area contributed by atoms with Gasteiger partial charge in [0.25, 0.3) is 5.91 Å². The summed E-state index contributed by atoms with van der Waals surface area (Å²) in [6.45, 7) is 0.687. The molecule has 0 bridgehead atoms. The van der Waals surface area contributed by atoms with Gasteiger partial charge in [-0.1, -0.05) is 30.3 Å². The van der Waals surface area contributed by atoms with Crippen LogP contribution in [0.2, 0.25) is 0 Å². The molecule has 0 spiro atoms. The first-order valence-corrected chi connectivity index (χ1v) is 7.78. The molecule has 0 saturated heterocycles. The molecule has 0 saturated carbocycles. The summed E-state index contributed by atoms with van der Waals surface area (Å²) >= 11 is 0. The van der Waals surface area contributed by atoms with Crippen LogP contribution in [-0.2, 0) is 6.54 Å². The van der Waals surface area contributed by atoms with Crippen LogP contribution in [0.25, 0.3) is 0 Å². The molecule has 0 aliphatic carbocycles. The van der Waals surface area contributed by atoms with E-state index < -0.39 is 0 Å². The van der Waals surface area contributed by atoms with E-state index in [0.717, 1.165) is 5.56 Å². The van der Waals surface area contributed by atoms with Crippen molar-refractivity contribution >= 4 is 12.1 Å². The molecule has 3 rings (SSSR count). The molecule has 6 nitrogen and oxygen atoms in total. The van der Waals surface area contributed by atoms with Gasteiger partial charge in [0.05, 0.1) is 26.1 Å². The van der Waals surface area contributed by atoms with Crippen LogP contribution in [-0.4, -0.2) is 29.0 Å². The lowest BCUT2D eigenvalue weighted by Gasteiger charge is -2.01. The molecule has 1 amide bonds. The number of methoxy groups -OCH3 is 1. The fourth-order valence-electron chi connectivity index (χ4n) is 2.28. The Morgan fingerprint density at radius 1 is 1.20 bits per heavy atom. The number of hydrazone groups is 1. The average molecular weight is 334 g/mol. The van der Waals surface area contributed by atoms with Crippen LogP contribution in [0.3, 0.4) is 0 Å². The van der Waals surface area contributed by atoms with Gasteiger partial charge in [-0.3, -0.25) is 9.48 Å². The summed E-state index contributed by atoms with van der Waals surface area (Å²) in [6, 6.07) is 16.9. The monoisotopic (exact) mass is 334 g/mol. The molecule has 6 heteroatoms. The number of carbonyl (C=O) groups is 1. The molecule has 1 N–H and O–H groups in total. The number of nitrogens with one attached hydrogen (secondary N) is 1. The third-order valence-corrected chi connectivity index (χ3v) is 3.57. The van der Waals surface area contributed by atoms with Gasteiger partial charge >= 0.3 is 0 Å². The summed E-state index contributed by atoms with van der Waals surface area (Å²) in [5.74, 6) is 0.418. The Morgan fingerprint density at radius 2 is 1.96 bits per heavy atom. The molecule has 0 fully saturated rings. The van der Waals surface area contributed by atoms with Gasteiger partial charge in [0.2, 0.25) is 0 Å². The Balaban J connectivity index is 1.56. The lowest BCUT2D eigenvalue weighted by atomic mass is 10.2. The summed E-state index contributed by atoms with van der Waals surface area (Å²) in [5, 5.41) is 8.26. The number of ether oxygens (including phenoxy) is 1. The Bertz CT molecular complexity index is 855. The summed E-state index contributed by atoms with van der Waals surface area (Å²) in [4.78, 5) is 12.0. The summed E-state index contributed by atoms with van der Waals surface area (Å²) in [5.41, 5.74) is 4.99. The van der Waals surface area contributed by atoms with Crippen LogP contribution < -0.4 is 10.2 Å². The Morgan fingerprint density at radius 3 is 2.68 bits per heavy atom. The lowest BCUT2D eigenvalue weighted by Crippen LogP contribution is -2.17. The minimum atomic E-state index is -0.282. The normalized spacial score (nSPS) is 10.8. The van der Waals surface area contributed by atoms with E-state index in [0.29, 0.717) is 17.9 Å². The van der Waals surface area contributed by atoms with E-state index in [1.165, 1.54) is 5.56 Å². The first-order chi connectivity index (χ1) is 12.2. The lowest BCUT2D eigenvalue weighted by molar-refractivity contribution is 0.0955. The second kappa shape index (κ2) is 7.92. The van der Waals surface area contributed by atoms with E-state index in [1.807, 2.05) is 41.2 Å². The van der Waals surface area contributed by atoms with Gasteiger partial charge in [0, 0.05) is 17.3 Å². The minimum absolute atomic E-state index is 0.282. The minimum Gasteiger partial charge on any atom is -0.497 e. The fourth-order valence-corrected chi connectivity index (χ4v) is 2.28. The molecule has 0 radical (unpaired) electrons. The van der Waals surface area contributed by atoms with Crippen molar-refractivity contribution in [2.75, 3.05) is 7.11 Å². The Kier molecular flexibility index (Phi) is 5.21. The molecule has 1 heterocycles. The standard InChI is InChI=1S/C19H18N4O2/c1-25-18-9-7-17(8-10-18)19(24)22-20-11-16-12-21-23(14-16)13-15-5-3-2-4-6-15/h2-12,14H,13H2,1H3,(H,22,24)/b20-11-. The van der Waals surface area contributed by atoms with Crippen LogP contribution in [0.1, 0.15) is 21.5 Å². The van der Waals surface area contributed by atoms with Gasteiger partial charge in [0.1, 0.15) is 5.75 Å². The second-order valence-electron chi connectivity index (χ2n) is 5.38. The van der Waals surface area contributed by atoms with Crippen molar-refractivity contribution in [1.29, 1.82) is 0 Å². The van der Waals surface area contributed by atoms with E-state index in [-0.39, 0.29) is 5.91 Å². The molecule has 1 aromatic heterocycles. The van der Waals surface area contributed by atoms with Gasteiger partial charge in [-0.05, 0) is 29.8 Å². The first-order valence-electron chi connectivity index (χ1n) is 7.78. The number of amides is 1. The van der Waals surface area contributed by atoms with Gasteiger partial charge in [0.15, 0.2) is 0 Å². The maximum atomic E-state index is 12.0. The third-order valence-electron chi connectivity index (χ3n) is 3.57. The van der Waals surface area contributed by atoms with Gasteiger partial charge in [-0.15, -0.1) is 0 Å². The van der Waals surface area contributed by atoms with Gasteiger partial charge in [-0.25, -0.2) is 5.43 Å². The van der Waals surface area contributed by atoms with E-state index >= 15 is 0 Å². The summed E-state index contributed by atoms with van der Waals surface area (Å²) in [7, 11) is 1.58. The predicted molar refractivity (Wildman–Crippen MR) is 95.8 cm³/mol. The highest BCUT2D eigenvalue weighted by Crippen LogP contribution is 2.11. The molecule has 25 heavy (non-hydrogen) atoms. The molecule has 126 valence electrons. The maximum absolute atomic E-state index is 12.0. The molecular formula is C19H18N4O2. The van der Waals surface area contributed by atoms with Crippen molar-refractivity contribution in [2.24, 2.45) is 5.10 Å². The number of rotatable bonds is 6. The van der Waals surface area contributed by atoms with Crippen LogP contribution in [0, 0.1) is 0 Å². The quantitative estimate of drug-likeness (QED) is 0.557. The molecular weight excluding hydrogens is 316 g/mol. The number of carbonyl (C=O) groups excluding carboxylic acids is 1. The van der Waals surface area contributed by atoms with E-state index in [4.69, 9.17) is 4.74 Å². The van der Waals surface area contributed by atoms with Gasteiger partial charge < -0.3 is 4.74 Å². The smallest absolute Gasteiger partial charge is 0.271 e.